The van der Waals surface area contributed by atoms with E-state index in [0.29, 0.717) is 25.9 Å². The molecule has 1 aromatic heterocycles. The zero-order valence-corrected chi connectivity index (χ0v) is 21.4. The highest BCUT2D eigenvalue weighted by atomic mass is 19.1. The monoisotopic (exact) mass is 493 g/mol. The standard InChI is InChI=1S/C30H40FN3O2/c1-2-3-4-5-6-7-8-9-10-11-12-13-14-15-16-17-18-19-20-21-29(35)32-24-25-33-30(36)27-22-23-28(31)34-26-27/h3-4,6-7,9-10,12-13,15-16,18-19,22-23,26H,2,5,8,11,14,17,20-21,24-25H2,1H3,(H,32,35)(H,33,36)/b4-3-,7-6-,10-9-,13-12-,16-15-,19-18-. The quantitative estimate of drug-likeness (QED) is 0.138. The van der Waals surface area contributed by atoms with Gasteiger partial charge in [-0.25, -0.2) is 4.98 Å². The minimum atomic E-state index is -0.634. The van der Waals surface area contributed by atoms with Gasteiger partial charge >= 0.3 is 0 Å². The molecule has 0 aliphatic rings. The summed E-state index contributed by atoms with van der Waals surface area (Å²) in [5.41, 5.74) is 0.278. The van der Waals surface area contributed by atoms with Gasteiger partial charge in [-0.1, -0.05) is 79.8 Å². The van der Waals surface area contributed by atoms with Gasteiger partial charge in [-0.05, 0) is 57.1 Å². The number of carbonyl (C=O) groups excluding carboxylic acids is 2. The van der Waals surface area contributed by atoms with Crippen LogP contribution in [0.2, 0.25) is 0 Å². The number of nitrogens with one attached hydrogen (secondary N) is 2. The lowest BCUT2D eigenvalue weighted by atomic mass is 10.2. The van der Waals surface area contributed by atoms with E-state index in [1.54, 1.807) is 0 Å². The first-order valence-corrected chi connectivity index (χ1v) is 12.7. The van der Waals surface area contributed by atoms with Gasteiger partial charge in [0.05, 0.1) is 5.56 Å². The molecule has 0 saturated carbocycles. The van der Waals surface area contributed by atoms with Crippen LogP contribution >= 0.6 is 0 Å². The number of carbonyl (C=O) groups is 2. The van der Waals surface area contributed by atoms with Crippen molar-refractivity contribution in [3.8, 4) is 0 Å². The Labute approximate surface area is 215 Å². The lowest BCUT2D eigenvalue weighted by Gasteiger charge is -2.06. The first-order valence-electron chi connectivity index (χ1n) is 12.7. The molecule has 1 rings (SSSR count). The minimum Gasteiger partial charge on any atom is -0.354 e. The summed E-state index contributed by atoms with van der Waals surface area (Å²) in [6.07, 6.45) is 33.9. The number of aromatic nitrogens is 1. The molecule has 0 spiro atoms. The van der Waals surface area contributed by atoms with E-state index in [1.807, 2.05) is 6.08 Å². The molecular formula is C30H40FN3O2. The van der Waals surface area contributed by atoms with E-state index in [2.05, 4.69) is 89.4 Å². The van der Waals surface area contributed by atoms with Gasteiger partial charge < -0.3 is 10.6 Å². The second-order valence-corrected chi connectivity index (χ2v) is 7.93. The van der Waals surface area contributed by atoms with E-state index in [4.69, 9.17) is 0 Å². The number of halogens is 1. The van der Waals surface area contributed by atoms with E-state index < -0.39 is 5.95 Å². The number of amides is 2. The number of allylic oxidation sites excluding steroid dienone is 12. The van der Waals surface area contributed by atoms with Crippen LogP contribution in [0.25, 0.3) is 0 Å². The summed E-state index contributed by atoms with van der Waals surface area (Å²) >= 11 is 0. The van der Waals surface area contributed by atoms with Crippen molar-refractivity contribution in [3.63, 3.8) is 0 Å². The van der Waals surface area contributed by atoms with Crippen molar-refractivity contribution in [2.24, 2.45) is 0 Å². The first kappa shape index (κ1) is 30.5. The summed E-state index contributed by atoms with van der Waals surface area (Å²) in [6.45, 7) is 2.77. The topological polar surface area (TPSA) is 71.1 Å². The molecule has 0 radical (unpaired) electrons. The second kappa shape index (κ2) is 22.0. The molecule has 5 nitrogen and oxygen atoms in total. The third kappa shape index (κ3) is 17.9. The number of nitrogens with zero attached hydrogens (tertiary/aromatic N) is 1. The van der Waals surface area contributed by atoms with E-state index in [0.717, 1.165) is 44.6 Å². The summed E-state index contributed by atoms with van der Waals surface area (Å²) in [4.78, 5) is 27.1. The fourth-order valence-corrected chi connectivity index (χ4v) is 2.93. The Morgan fingerprint density at radius 1 is 0.750 bits per heavy atom. The smallest absolute Gasteiger partial charge is 0.252 e. The van der Waals surface area contributed by atoms with Gasteiger partial charge in [0.1, 0.15) is 0 Å². The summed E-state index contributed by atoms with van der Waals surface area (Å²) in [6, 6.07) is 2.49. The number of hydrogen-bond donors (Lipinski definition) is 2. The van der Waals surface area contributed by atoms with Crippen molar-refractivity contribution in [2.45, 2.75) is 58.3 Å². The van der Waals surface area contributed by atoms with Crippen LogP contribution in [0.5, 0.6) is 0 Å². The van der Waals surface area contributed by atoms with Crippen LogP contribution in [0.1, 0.15) is 68.6 Å². The van der Waals surface area contributed by atoms with Crippen LogP contribution in [-0.2, 0) is 4.79 Å². The maximum Gasteiger partial charge on any atom is 0.252 e. The molecule has 1 aromatic rings. The number of hydrogen-bond acceptors (Lipinski definition) is 3. The Morgan fingerprint density at radius 2 is 1.25 bits per heavy atom. The molecular weight excluding hydrogens is 453 g/mol. The van der Waals surface area contributed by atoms with Crippen LogP contribution in [0.15, 0.2) is 91.2 Å². The highest BCUT2D eigenvalue weighted by Crippen LogP contribution is 1.99. The summed E-state index contributed by atoms with van der Waals surface area (Å²) in [5, 5.41) is 5.41. The Hall–Kier alpha value is -3.54. The van der Waals surface area contributed by atoms with Gasteiger partial charge in [-0.15, -0.1) is 0 Å². The third-order valence-corrected chi connectivity index (χ3v) is 4.86. The molecule has 0 aliphatic carbocycles. The van der Waals surface area contributed by atoms with Crippen molar-refractivity contribution < 1.29 is 14.0 Å². The summed E-state index contributed by atoms with van der Waals surface area (Å²) < 4.78 is 12.8. The molecule has 2 N–H and O–H groups in total. The normalized spacial score (nSPS) is 12.3. The average molecular weight is 494 g/mol. The molecule has 0 atom stereocenters. The minimum absolute atomic E-state index is 0.0628. The lowest BCUT2D eigenvalue weighted by molar-refractivity contribution is -0.120. The maximum atomic E-state index is 12.8. The van der Waals surface area contributed by atoms with E-state index >= 15 is 0 Å². The van der Waals surface area contributed by atoms with Crippen LogP contribution < -0.4 is 10.6 Å². The molecule has 194 valence electrons. The van der Waals surface area contributed by atoms with Gasteiger partial charge in [-0.3, -0.25) is 9.59 Å². The van der Waals surface area contributed by atoms with Crippen molar-refractivity contribution in [3.05, 3.63) is 103 Å². The zero-order chi connectivity index (χ0) is 26.1. The Kier molecular flexibility index (Phi) is 18.6. The van der Waals surface area contributed by atoms with Crippen molar-refractivity contribution >= 4 is 11.8 Å². The van der Waals surface area contributed by atoms with Crippen LogP contribution in [0, 0.1) is 5.95 Å². The van der Waals surface area contributed by atoms with Gasteiger partial charge in [0, 0.05) is 25.7 Å². The van der Waals surface area contributed by atoms with Crippen molar-refractivity contribution in [1.29, 1.82) is 0 Å². The third-order valence-electron chi connectivity index (χ3n) is 4.86. The lowest BCUT2D eigenvalue weighted by Crippen LogP contribution is -2.34. The van der Waals surface area contributed by atoms with Crippen LogP contribution in [-0.4, -0.2) is 29.9 Å². The van der Waals surface area contributed by atoms with E-state index in [-0.39, 0.29) is 17.4 Å². The molecule has 0 fully saturated rings. The van der Waals surface area contributed by atoms with E-state index in [1.165, 1.54) is 12.3 Å². The predicted octanol–water partition coefficient (Wildman–Crippen LogP) is 6.54. The number of rotatable bonds is 18. The Morgan fingerprint density at radius 3 is 1.75 bits per heavy atom. The fraction of sp³-hybridized carbons (Fsp3) is 0.367. The maximum absolute atomic E-state index is 12.8. The van der Waals surface area contributed by atoms with Crippen molar-refractivity contribution in [1.82, 2.24) is 15.6 Å². The molecule has 0 saturated heterocycles. The largest absolute Gasteiger partial charge is 0.354 e. The molecule has 0 aromatic carbocycles. The van der Waals surface area contributed by atoms with Gasteiger partial charge in [0.15, 0.2) is 0 Å². The molecule has 0 aliphatic heterocycles. The van der Waals surface area contributed by atoms with Gasteiger partial charge in [0.25, 0.3) is 5.91 Å². The molecule has 0 unspecified atom stereocenters. The first-order chi connectivity index (χ1) is 17.6. The average Bonchev–Trinajstić information content (AvgIpc) is 2.88. The molecule has 1 heterocycles. The van der Waals surface area contributed by atoms with E-state index in [9.17, 15) is 14.0 Å². The second-order valence-electron chi connectivity index (χ2n) is 7.93. The van der Waals surface area contributed by atoms with Crippen molar-refractivity contribution in [2.75, 3.05) is 13.1 Å². The summed E-state index contributed by atoms with van der Waals surface area (Å²) in [5.74, 6) is -1.05. The van der Waals surface area contributed by atoms with Gasteiger partial charge in [-0.2, -0.15) is 4.39 Å². The molecule has 2 amide bonds. The SMILES string of the molecule is CC/C=C\C/C=C\C/C=C\C/C=C\C/C=C\C/C=C\CCC(=O)NCCNC(=O)c1ccc(F)nc1. The highest BCUT2D eigenvalue weighted by molar-refractivity contribution is 5.93. The molecule has 6 heteroatoms. The molecule has 36 heavy (non-hydrogen) atoms. The van der Waals surface area contributed by atoms with Gasteiger partial charge in [0.2, 0.25) is 11.9 Å². The highest BCUT2D eigenvalue weighted by Gasteiger charge is 2.05. The Bertz CT molecular complexity index is 913. The summed E-state index contributed by atoms with van der Waals surface area (Å²) in [7, 11) is 0. The fourth-order valence-electron chi connectivity index (χ4n) is 2.93. The number of pyridine rings is 1. The predicted molar refractivity (Wildman–Crippen MR) is 147 cm³/mol. The van der Waals surface area contributed by atoms with Crippen LogP contribution in [0.3, 0.4) is 0 Å². The Balaban J connectivity index is 1.98. The molecule has 0 bridgehead atoms. The van der Waals surface area contributed by atoms with Crippen LogP contribution in [0.4, 0.5) is 4.39 Å². The zero-order valence-electron chi connectivity index (χ0n) is 21.4.